The van der Waals surface area contributed by atoms with Gasteiger partial charge in [0.25, 0.3) is 0 Å². The highest BCUT2D eigenvalue weighted by Crippen LogP contribution is 2.29. The zero-order valence-corrected chi connectivity index (χ0v) is 12.7. The largest absolute Gasteiger partial charge is 0.494 e. The lowest BCUT2D eigenvalue weighted by Crippen LogP contribution is -2.32. The Bertz CT molecular complexity index is 443. The Morgan fingerprint density at radius 2 is 2.05 bits per heavy atom. The first-order chi connectivity index (χ1) is 9.86. The molecule has 0 saturated heterocycles. The second-order valence-corrected chi connectivity index (χ2v) is 6.28. The summed E-state index contributed by atoms with van der Waals surface area (Å²) in [5.41, 5.74) is 3.04. The molecule has 110 valence electrons. The molecule has 2 unspecified atom stereocenters. The molecule has 0 aliphatic heterocycles. The fraction of sp³-hybridized carbons (Fsp3) is 0.667. The van der Waals surface area contributed by atoms with Crippen LogP contribution in [0.15, 0.2) is 18.2 Å². The molecule has 20 heavy (non-hydrogen) atoms. The summed E-state index contributed by atoms with van der Waals surface area (Å²) < 4.78 is 5.99. The van der Waals surface area contributed by atoms with Crippen molar-refractivity contribution in [2.45, 2.75) is 57.9 Å². The third-order valence-corrected chi connectivity index (χ3v) is 4.95. The maximum atomic E-state index is 5.99. The molecule has 2 aliphatic carbocycles. The van der Waals surface area contributed by atoms with Crippen LogP contribution in [-0.2, 0) is 12.8 Å². The second-order valence-electron chi connectivity index (χ2n) is 6.28. The first-order valence-corrected chi connectivity index (χ1v) is 8.35. The number of fused-ring (bicyclic) bond motifs is 1. The molecule has 1 fully saturated rings. The lowest BCUT2D eigenvalue weighted by molar-refractivity contribution is 0.261. The third kappa shape index (κ3) is 3.17. The molecule has 1 aromatic rings. The first kappa shape index (κ1) is 13.9. The Morgan fingerprint density at radius 1 is 1.15 bits per heavy atom. The van der Waals surface area contributed by atoms with Gasteiger partial charge < -0.3 is 10.1 Å². The zero-order chi connectivity index (χ0) is 13.8. The van der Waals surface area contributed by atoms with Crippen LogP contribution in [0.5, 0.6) is 5.75 Å². The predicted molar refractivity (Wildman–Crippen MR) is 83.4 cm³/mol. The van der Waals surface area contributed by atoms with E-state index in [9.17, 15) is 0 Å². The Hall–Kier alpha value is -1.02. The average Bonchev–Trinajstić information content (AvgIpc) is 3.08. The van der Waals surface area contributed by atoms with Gasteiger partial charge in [0, 0.05) is 6.04 Å². The second kappa shape index (κ2) is 6.62. The molecule has 3 rings (SSSR count). The molecule has 0 heterocycles. The molecular weight excluding hydrogens is 246 g/mol. The molecule has 0 aromatic heterocycles. The molecule has 0 amide bonds. The Morgan fingerprint density at radius 3 is 2.95 bits per heavy atom. The molecule has 1 saturated carbocycles. The summed E-state index contributed by atoms with van der Waals surface area (Å²) in [6.45, 7) is 4.16. The number of hydrogen-bond donors (Lipinski definition) is 1. The van der Waals surface area contributed by atoms with Gasteiger partial charge in [-0.05, 0) is 74.2 Å². The van der Waals surface area contributed by atoms with Gasteiger partial charge in [0.15, 0.2) is 0 Å². The van der Waals surface area contributed by atoms with Gasteiger partial charge in [-0.15, -0.1) is 0 Å². The summed E-state index contributed by atoms with van der Waals surface area (Å²) in [4.78, 5) is 0. The highest BCUT2D eigenvalue weighted by atomic mass is 16.5. The summed E-state index contributed by atoms with van der Waals surface area (Å²) >= 11 is 0. The standard InChI is InChI=1S/C18H27NO/c1-2-19-18-8-4-6-15(18)11-12-20-17-10-9-14-5-3-7-16(14)13-17/h9-10,13,15,18-19H,2-8,11-12H2,1H3. The topological polar surface area (TPSA) is 21.3 Å². The van der Waals surface area contributed by atoms with Crippen LogP contribution in [0.2, 0.25) is 0 Å². The molecule has 0 radical (unpaired) electrons. The molecule has 0 bridgehead atoms. The van der Waals surface area contributed by atoms with Gasteiger partial charge in [-0.3, -0.25) is 0 Å². The number of rotatable bonds is 6. The van der Waals surface area contributed by atoms with Crippen LogP contribution in [0.4, 0.5) is 0 Å². The monoisotopic (exact) mass is 273 g/mol. The lowest BCUT2D eigenvalue weighted by Gasteiger charge is -2.20. The van der Waals surface area contributed by atoms with Crippen LogP contribution >= 0.6 is 0 Å². The van der Waals surface area contributed by atoms with Crippen molar-refractivity contribution in [3.05, 3.63) is 29.3 Å². The minimum atomic E-state index is 0.726. The molecular formula is C18H27NO. The quantitative estimate of drug-likeness (QED) is 0.853. The van der Waals surface area contributed by atoms with Gasteiger partial charge in [0.2, 0.25) is 0 Å². The molecule has 2 atom stereocenters. The first-order valence-electron chi connectivity index (χ1n) is 8.35. The minimum absolute atomic E-state index is 0.726. The molecule has 1 aromatic carbocycles. The van der Waals surface area contributed by atoms with Crippen molar-refractivity contribution < 1.29 is 4.74 Å². The molecule has 2 aliphatic rings. The van der Waals surface area contributed by atoms with Crippen molar-refractivity contribution in [2.24, 2.45) is 5.92 Å². The van der Waals surface area contributed by atoms with E-state index in [1.807, 2.05) is 0 Å². The summed E-state index contributed by atoms with van der Waals surface area (Å²) in [5.74, 6) is 1.88. The number of aryl methyl sites for hydroxylation is 2. The minimum Gasteiger partial charge on any atom is -0.494 e. The van der Waals surface area contributed by atoms with Gasteiger partial charge in [-0.1, -0.05) is 19.4 Å². The van der Waals surface area contributed by atoms with E-state index in [4.69, 9.17) is 4.74 Å². The van der Waals surface area contributed by atoms with Gasteiger partial charge in [-0.2, -0.15) is 0 Å². The maximum Gasteiger partial charge on any atom is 0.119 e. The summed E-state index contributed by atoms with van der Waals surface area (Å²) in [5, 5.41) is 3.62. The fourth-order valence-corrected chi connectivity index (χ4v) is 3.88. The Kier molecular flexibility index (Phi) is 4.62. The van der Waals surface area contributed by atoms with E-state index in [0.29, 0.717) is 0 Å². The number of benzene rings is 1. The SMILES string of the molecule is CCNC1CCCC1CCOc1ccc2c(c1)CCC2. The van der Waals surface area contributed by atoms with Crippen LogP contribution < -0.4 is 10.1 Å². The van der Waals surface area contributed by atoms with E-state index in [-0.39, 0.29) is 0 Å². The average molecular weight is 273 g/mol. The molecule has 0 spiro atoms. The summed E-state index contributed by atoms with van der Waals surface area (Å²) in [7, 11) is 0. The Balaban J connectivity index is 1.47. The lowest BCUT2D eigenvalue weighted by atomic mass is 10.00. The van der Waals surface area contributed by atoms with E-state index in [1.165, 1.54) is 56.1 Å². The van der Waals surface area contributed by atoms with Crippen LogP contribution in [-0.4, -0.2) is 19.2 Å². The Labute approximate surface area is 122 Å². The van der Waals surface area contributed by atoms with Crippen LogP contribution in [0.1, 0.15) is 50.2 Å². The van der Waals surface area contributed by atoms with E-state index in [1.54, 1.807) is 0 Å². The summed E-state index contributed by atoms with van der Waals surface area (Å²) in [6.07, 6.45) is 9.07. The number of ether oxygens (including phenoxy) is 1. The molecule has 1 N–H and O–H groups in total. The van der Waals surface area contributed by atoms with Crippen molar-refractivity contribution in [1.82, 2.24) is 5.32 Å². The van der Waals surface area contributed by atoms with Crippen LogP contribution in [0.3, 0.4) is 0 Å². The van der Waals surface area contributed by atoms with Crippen LogP contribution in [0, 0.1) is 5.92 Å². The van der Waals surface area contributed by atoms with Crippen molar-refractivity contribution in [3.63, 3.8) is 0 Å². The highest BCUT2D eigenvalue weighted by Gasteiger charge is 2.26. The van der Waals surface area contributed by atoms with Gasteiger partial charge in [0.05, 0.1) is 6.61 Å². The zero-order valence-electron chi connectivity index (χ0n) is 12.7. The summed E-state index contributed by atoms with van der Waals surface area (Å²) in [6, 6.07) is 7.40. The predicted octanol–water partition coefficient (Wildman–Crippen LogP) is 3.72. The number of nitrogens with one attached hydrogen (secondary N) is 1. The smallest absolute Gasteiger partial charge is 0.119 e. The van der Waals surface area contributed by atoms with Gasteiger partial charge in [-0.25, -0.2) is 0 Å². The molecule has 2 heteroatoms. The maximum absolute atomic E-state index is 5.99. The van der Waals surface area contributed by atoms with E-state index in [0.717, 1.165) is 30.9 Å². The number of hydrogen-bond acceptors (Lipinski definition) is 2. The van der Waals surface area contributed by atoms with E-state index < -0.39 is 0 Å². The third-order valence-electron chi connectivity index (χ3n) is 4.95. The van der Waals surface area contributed by atoms with Crippen molar-refractivity contribution in [1.29, 1.82) is 0 Å². The fourth-order valence-electron chi connectivity index (χ4n) is 3.88. The van der Waals surface area contributed by atoms with Crippen LogP contribution in [0.25, 0.3) is 0 Å². The van der Waals surface area contributed by atoms with Crippen molar-refractivity contribution in [2.75, 3.05) is 13.2 Å². The normalized spacial score (nSPS) is 24.9. The van der Waals surface area contributed by atoms with Crippen molar-refractivity contribution >= 4 is 0 Å². The van der Waals surface area contributed by atoms with E-state index in [2.05, 4.69) is 30.4 Å². The highest BCUT2D eigenvalue weighted by molar-refractivity contribution is 5.38. The van der Waals surface area contributed by atoms with Gasteiger partial charge in [0.1, 0.15) is 5.75 Å². The van der Waals surface area contributed by atoms with Gasteiger partial charge >= 0.3 is 0 Å². The van der Waals surface area contributed by atoms with E-state index >= 15 is 0 Å². The van der Waals surface area contributed by atoms with Crippen molar-refractivity contribution in [3.8, 4) is 5.75 Å². The molecule has 2 nitrogen and oxygen atoms in total.